The number of methoxy groups -OCH3 is 1. The van der Waals surface area contributed by atoms with E-state index in [-0.39, 0.29) is 11.8 Å². The zero-order valence-electron chi connectivity index (χ0n) is 10.7. The van der Waals surface area contributed by atoms with Crippen molar-refractivity contribution in [2.75, 3.05) is 7.11 Å². The van der Waals surface area contributed by atoms with E-state index in [4.69, 9.17) is 22.2 Å². The van der Waals surface area contributed by atoms with Crippen LogP contribution in [0, 0.1) is 5.82 Å². The minimum Gasteiger partial charge on any atom is -0.494 e. The van der Waals surface area contributed by atoms with E-state index in [1.54, 1.807) is 24.3 Å². The standard InChI is InChI=1S/C14H13BrClFN2O/c1-20-13-5-2-8(6-12(13)17)14(19-18)10-7-9(16)3-4-11(10)15/h2-7,14,19H,18H2,1H3. The van der Waals surface area contributed by atoms with Crippen molar-refractivity contribution in [1.82, 2.24) is 5.43 Å². The number of rotatable bonds is 4. The number of ether oxygens (including phenoxy) is 1. The fraction of sp³-hybridized carbons (Fsp3) is 0.143. The first-order chi connectivity index (χ1) is 9.56. The van der Waals surface area contributed by atoms with Gasteiger partial charge in [-0.3, -0.25) is 5.84 Å². The lowest BCUT2D eigenvalue weighted by atomic mass is 9.99. The Labute approximate surface area is 130 Å². The first kappa shape index (κ1) is 15.3. The van der Waals surface area contributed by atoms with Gasteiger partial charge in [-0.05, 0) is 41.5 Å². The molecular weight excluding hydrogens is 347 g/mol. The Balaban J connectivity index is 2.46. The molecule has 1 unspecified atom stereocenters. The topological polar surface area (TPSA) is 47.3 Å². The Hall–Kier alpha value is -1.14. The molecule has 1 atom stereocenters. The van der Waals surface area contributed by atoms with Crippen molar-refractivity contribution < 1.29 is 9.13 Å². The molecule has 0 aliphatic rings. The molecule has 0 saturated carbocycles. The van der Waals surface area contributed by atoms with E-state index < -0.39 is 5.82 Å². The summed E-state index contributed by atoms with van der Waals surface area (Å²) in [6, 6.07) is 9.67. The van der Waals surface area contributed by atoms with Gasteiger partial charge in [0, 0.05) is 9.50 Å². The average Bonchev–Trinajstić information content (AvgIpc) is 2.44. The molecule has 0 bridgehead atoms. The molecule has 0 heterocycles. The molecule has 2 rings (SSSR count). The van der Waals surface area contributed by atoms with E-state index in [0.29, 0.717) is 10.6 Å². The van der Waals surface area contributed by atoms with Gasteiger partial charge in [0.05, 0.1) is 13.2 Å². The lowest BCUT2D eigenvalue weighted by Gasteiger charge is -2.19. The predicted octanol–water partition coefficient (Wildman–Crippen LogP) is 3.80. The minimum absolute atomic E-state index is 0.190. The highest BCUT2D eigenvalue weighted by molar-refractivity contribution is 9.10. The van der Waals surface area contributed by atoms with Gasteiger partial charge >= 0.3 is 0 Å². The van der Waals surface area contributed by atoms with Crippen LogP contribution in [-0.4, -0.2) is 7.11 Å². The number of benzene rings is 2. The number of nitrogens with one attached hydrogen (secondary N) is 1. The van der Waals surface area contributed by atoms with Crippen LogP contribution in [0.25, 0.3) is 0 Å². The first-order valence-corrected chi connectivity index (χ1v) is 6.98. The quantitative estimate of drug-likeness (QED) is 0.645. The van der Waals surface area contributed by atoms with E-state index in [2.05, 4.69) is 21.4 Å². The molecule has 3 N–H and O–H groups in total. The van der Waals surface area contributed by atoms with Crippen molar-refractivity contribution in [3.63, 3.8) is 0 Å². The van der Waals surface area contributed by atoms with Gasteiger partial charge in [0.15, 0.2) is 11.6 Å². The summed E-state index contributed by atoms with van der Waals surface area (Å²) < 4.78 is 19.6. The summed E-state index contributed by atoms with van der Waals surface area (Å²) in [7, 11) is 1.42. The number of hydrogen-bond acceptors (Lipinski definition) is 3. The van der Waals surface area contributed by atoms with Crippen molar-refractivity contribution in [2.45, 2.75) is 6.04 Å². The fourth-order valence-electron chi connectivity index (χ4n) is 1.96. The van der Waals surface area contributed by atoms with Crippen LogP contribution < -0.4 is 16.0 Å². The lowest BCUT2D eigenvalue weighted by molar-refractivity contribution is 0.385. The molecule has 0 aliphatic heterocycles. The van der Waals surface area contributed by atoms with Gasteiger partial charge in [-0.25, -0.2) is 9.82 Å². The Morgan fingerprint density at radius 1 is 1.30 bits per heavy atom. The van der Waals surface area contributed by atoms with Crippen LogP contribution in [-0.2, 0) is 0 Å². The molecule has 20 heavy (non-hydrogen) atoms. The van der Waals surface area contributed by atoms with Gasteiger partial charge in [0.2, 0.25) is 0 Å². The van der Waals surface area contributed by atoms with Gasteiger partial charge in [-0.1, -0.05) is 33.6 Å². The van der Waals surface area contributed by atoms with Crippen molar-refractivity contribution in [2.24, 2.45) is 5.84 Å². The highest BCUT2D eigenvalue weighted by atomic mass is 79.9. The summed E-state index contributed by atoms with van der Waals surface area (Å²) in [5.41, 5.74) is 4.17. The summed E-state index contributed by atoms with van der Waals surface area (Å²) in [5.74, 6) is 5.36. The van der Waals surface area contributed by atoms with Gasteiger partial charge in [0.1, 0.15) is 0 Å². The summed E-state index contributed by atoms with van der Waals surface area (Å²) in [4.78, 5) is 0. The van der Waals surface area contributed by atoms with Crippen molar-refractivity contribution in [3.8, 4) is 5.75 Å². The van der Waals surface area contributed by atoms with Crippen LogP contribution in [0.3, 0.4) is 0 Å². The Kier molecular flexibility index (Phi) is 4.99. The monoisotopic (exact) mass is 358 g/mol. The van der Waals surface area contributed by atoms with E-state index in [9.17, 15) is 4.39 Å². The fourth-order valence-corrected chi connectivity index (χ4v) is 2.62. The second kappa shape index (κ2) is 6.54. The molecule has 0 aliphatic carbocycles. The van der Waals surface area contributed by atoms with Crippen molar-refractivity contribution in [1.29, 1.82) is 0 Å². The lowest BCUT2D eigenvalue weighted by Crippen LogP contribution is -2.29. The van der Waals surface area contributed by atoms with Crippen LogP contribution in [0.15, 0.2) is 40.9 Å². The second-order valence-corrected chi connectivity index (χ2v) is 5.45. The van der Waals surface area contributed by atoms with Crippen LogP contribution in [0.2, 0.25) is 5.02 Å². The van der Waals surface area contributed by atoms with Gasteiger partial charge in [0.25, 0.3) is 0 Å². The molecule has 2 aromatic carbocycles. The Bertz CT molecular complexity index is 624. The zero-order chi connectivity index (χ0) is 14.7. The van der Waals surface area contributed by atoms with E-state index in [0.717, 1.165) is 10.0 Å². The molecular formula is C14H13BrClFN2O. The molecule has 0 fully saturated rings. The molecule has 0 saturated heterocycles. The third-order valence-corrected chi connectivity index (χ3v) is 3.90. The Morgan fingerprint density at radius 2 is 2.05 bits per heavy atom. The highest BCUT2D eigenvalue weighted by Crippen LogP contribution is 2.32. The first-order valence-electron chi connectivity index (χ1n) is 5.81. The number of halogens is 3. The maximum Gasteiger partial charge on any atom is 0.165 e. The second-order valence-electron chi connectivity index (χ2n) is 4.16. The molecule has 0 spiro atoms. The van der Waals surface area contributed by atoms with Crippen LogP contribution in [0.5, 0.6) is 5.75 Å². The third kappa shape index (κ3) is 3.12. The number of nitrogens with two attached hydrogens (primary N) is 1. The van der Waals surface area contributed by atoms with E-state index in [1.165, 1.54) is 13.2 Å². The molecule has 3 nitrogen and oxygen atoms in total. The van der Waals surface area contributed by atoms with Crippen molar-refractivity contribution >= 4 is 27.5 Å². The Morgan fingerprint density at radius 3 is 2.65 bits per heavy atom. The maximum atomic E-state index is 13.8. The summed E-state index contributed by atoms with van der Waals surface area (Å²) >= 11 is 9.44. The van der Waals surface area contributed by atoms with Crippen molar-refractivity contribution in [3.05, 3.63) is 62.8 Å². The number of hydrazine groups is 1. The number of hydrogen-bond donors (Lipinski definition) is 2. The van der Waals surface area contributed by atoms with Crippen LogP contribution in [0.4, 0.5) is 4.39 Å². The third-order valence-electron chi connectivity index (χ3n) is 2.94. The maximum absolute atomic E-state index is 13.8. The molecule has 2 aromatic rings. The van der Waals surface area contributed by atoms with E-state index in [1.807, 2.05) is 6.07 Å². The molecule has 6 heteroatoms. The highest BCUT2D eigenvalue weighted by Gasteiger charge is 2.17. The molecule has 106 valence electrons. The molecule has 0 aromatic heterocycles. The molecule has 0 amide bonds. The smallest absolute Gasteiger partial charge is 0.165 e. The van der Waals surface area contributed by atoms with E-state index >= 15 is 0 Å². The van der Waals surface area contributed by atoms with Gasteiger partial charge in [-0.15, -0.1) is 0 Å². The van der Waals surface area contributed by atoms with Gasteiger partial charge < -0.3 is 4.74 Å². The van der Waals surface area contributed by atoms with Crippen LogP contribution >= 0.6 is 27.5 Å². The molecule has 0 radical (unpaired) electrons. The minimum atomic E-state index is -0.441. The largest absolute Gasteiger partial charge is 0.494 e. The summed E-state index contributed by atoms with van der Waals surface area (Å²) in [6.07, 6.45) is 0. The zero-order valence-corrected chi connectivity index (χ0v) is 13.0. The normalized spacial score (nSPS) is 12.2. The van der Waals surface area contributed by atoms with Gasteiger partial charge in [-0.2, -0.15) is 0 Å². The summed E-state index contributed by atoms with van der Waals surface area (Å²) in [5, 5.41) is 0.581. The SMILES string of the molecule is COc1ccc(C(NN)c2cc(Cl)ccc2Br)cc1F. The van der Waals surface area contributed by atoms with Crippen LogP contribution in [0.1, 0.15) is 17.2 Å². The summed E-state index contributed by atoms with van der Waals surface area (Å²) in [6.45, 7) is 0. The average molecular weight is 360 g/mol. The predicted molar refractivity (Wildman–Crippen MR) is 81.3 cm³/mol.